The molecule has 1 aromatic carbocycles. The molecule has 1 aromatic heterocycles. The van der Waals surface area contributed by atoms with Gasteiger partial charge in [-0.2, -0.15) is 0 Å². The van der Waals surface area contributed by atoms with Gasteiger partial charge in [-0.05, 0) is 18.2 Å². The van der Waals surface area contributed by atoms with E-state index in [0.717, 1.165) is 0 Å². The number of benzene rings is 1. The summed E-state index contributed by atoms with van der Waals surface area (Å²) in [4.78, 5) is 18.8. The van der Waals surface area contributed by atoms with E-state index in [9.17, 15) is 10.1 Å². The lowest BCUT2D eigenvalue weighted by atomic mass is 10.3. The first kappa shape index (κ1) is 12.3. The third kappa shape index (κ3) is 2.55. The van der Waals surface area contributed by atoms with Crippen molar-refractivity contribution in [3.8, 4) is 0 Å². The third-order valence-corrected chi connectivity index (χ3v) is 3.11. The summed E-state index contributed by atoms with van der Waals surface area (Å²) in [7, 11) is 0. The van der Waals surface area contributed by atoms with Crippen LogP contribution in [0.4, 0.5) is 11.4 Å². The Morgan fingerprint density at radius 3 is 2.83 bits per heavy atom. The average Bonchev–Trinajstić information content (AvgIpc) is 2.39. The number of rotatable bonds is 4. The molecule has 8 heteroatoms. The van der Waals surface area contributed by atoms with Gasteiger partial charge < -0.3 is 5.43 Å². The van der Waals surface area contributed by atoms with Crippen LogP contribution in [0, 0.1) is 10.1 Å². The minimum atomic E-state index is -0.473. The molecule has 0 unspecified atom stereocenters. The molecule has 0 aliphatic rings. The van der Waals surface area contributed by atoms with E-state index in [1.807, 2.05) is 0 Å². The highest BCUT2D eigenvalue weighted by atomic mass is 32.2. The summed E-state index contributed by atoms with van der Waals surface area (Å²) >= 11 is 1.18. The van der Waals surface area contributed by atoms with E-state index in [4.69, 9.17) is 5.84 Å². The zero-order valence-electron chi connectivity index (χ0n) is 9.11. The lowest BCUT2D eigenvalue weighted by molar-refractivity contribution is -0.386. The van der Waals surface area contributed by atoms with Crippen molar-refractivity contribution in [2.45, 2.75) is 9.92 Å². The quantitative estimate of drug-likeness (QED) is 0.375. The van der Waals surface area contributed by atoms with E-state index in [0.29, 0.717) is 9.92 Å². The second kappa shape index (κ2) is 5.43. The number of nitrogens with two attached hydrogens (primary N) is 1. The van der Waals surface area contributed by atoms with Crippen LogP contribution >= 0.6 is 11.8 Å². The maximum atomic E-state index is 11.1. The lowest BCUT2D eigenvalue weighted by Crippen LogP contribution is -2.09. The Morgan fingerprint density at radius 2 is 2.22 bits per heavy atom. The van der Waals surface area contributed by atoms with Crippen LogP contribution in [-0.2, 0) is 0 Å². The van der Waals surface area contributed by atoms with Crippen molar-refractivity contribution in [2.24, 2.45) is 5.84 Å². The van der Waals surface area contributed by atoms with E-state index in [1.54, 1.807) is 30.5 Å². The number of para-hydroxylation sites is 1. The number of nitro benzene ring substituents is 1. The SMILES string of the molecule is NNc1cccc(Sc2ccncn2)c1[N+](=O)[O-]. The number of hydrogen-bond acceptors (Lipinski definition) is 7. The molecule has 0 bridgehead atoms. The van der Waals surface area contributed by atoms with Crippen LogP contribution in [0.15, 0.2) is 46.7 Å². The number of hydrogen-bond donors (Lipinski definition) is 2. The fourth-order valence-electron chi connectivity index (χ4n) is 1.36. The van der Waals surface area contributed by atoms with Crippen LogP contribution in [-0.4, -0.2) is 14.9 Å². The average molecular weight is 263 g/mol. The number of hydrazine groups is 1. The highest BCUT2D eigenvalue weighted by molar-refractivity contribution is 7.99. The fraction of sp³-hybridized carbons (Fsp3) is 0. The first-order valence-electron chi connectivity index (χ1n) is 4.90. The van der Waals surface area contributed by atoms with Gasteiger partial charge in [-0.15, -0.1) is 0 Å². The monoisotopic (exact) mass is 263 g/mol. The van der Waals surface area contributed by atoms with Crippen molar-refractivity contribution >= 4 is 23.1 Å². The molecule has 0 saturated heterocycles. The highest BCUT2D eigenvalue weighted by Crippen LogP contribution is 2.37. The molecule has 0 radical (unpaired) electrons. The van der Waals surface area contributed by atoms with Gasteiger partial charge in [-0.1, -0.05) is 17.8 Å². The van der Waals surface area contributed by atoms with Crippen LogP contribution in [0.5, 0.6) is 0 Å². The summed E-state index contributed by atoms with van der Waals surface area (Å²) in [5, 5.41) is 11.7. The van der Waals surface area contributed by atoms with Crippen LogP contribution < -0.4 is 11.3 Å². The van der Waals surface area contributed by atoms with Gasteiger partial charge in [0.1, 0.15) is 17.0 Å². The lowest BCUT2D eigenvalue weighted by Gasteiger charge is -2.06. The van der Waals surface area contributed by atoms with Gasteiger partial charge in [0.25, 0.3) is 0 Å². The van der Waals surface area contributed by atoms with Gasteiger partial charge in [-0.25, -0.2) is 9.97 Å². The standard InChI is InChI=1S/C10H9N5O2S/c11-14-7-2-1-3-8(10(7)15(16)17)18-9-4-5-12-6-13-9/h1-6,14H,11H2. The van der Waals surface area contributed by atoms with E-state index in [1.165, 1.54) is 18.1 Å². The molecule has 0 atom stereocenters. The summed E-state index contributed by atoms with van der Waals surface area (Å²) in [5.41, 5.74) is 2.51. The normalized spacial score (nSPS) is 10.1. The molecule has 1 heterocycles. The van der Waals surface area contributed by atoms with Crippen LogP contribution in [0.3, 0.4) is 0 Å². The van der Waals surface area contributed by atoms with E-state index in [2.05, 4.69) is 15.4 Å². The van der Waals surface area contributed by atoms with Crippen molar-refractivity contribution in [3.05, 3.63) is 46.9 Å². The Balaban J connectivity index is 2.42. The predicted molar refractivity (Wildman–Crippen MR) is 67.1 cm³/mol. The maximum absolute atomic E-state index is 11.1. The van der Waals surface area contributed by atoms with E-state index < -0.39 is 4.92 Å². The van der Waals surface area contributed by atoms with Gasteiger partial charge >= 0.3 is 5.69 Å². The van der Waals surface area contributed by atoms with Gasteiger partial charge in [0.05, 0.1) is 9.82 Å². The minimum absolute atomic E-state index is 0.0661. The fourth-order valence-corrected chi connectivity index (χ4v) is 2.24. The number of nitrogens with zero attached hydrogens (tertiary/aromatic N) is 3. The molecule has 0 aliphatic carbocycles. The molecule has 0 aliphatic heterocycles. The molecule has 92 valence electrons. The number of anilines is 1. The third-order valence-electron chi connectivity index (χ3n) is 2.11. The molecule has 18 heavy (non-hydrogen) atoms. The Kier molecular flexibility index (Phi) is 3.70. The summed E-state index contributed by atoms with van der Waals surface area (Å²) in [6.45, 7) is 0. The molecule has 2 aromatic rings. The van der Waals surface area contributed by atoms with Crippen LogP contribution in [0.25, 0.3) is 0 Å². The molecular formula is C10H9N5O2S. The van der Waals surface area contributed by atoms with Gasteiger partial charge in [-0.3, -0.25) is 16.0 Å². The van der Waals surface area contributed by atoms with Crippen molar-refractivity contribution in [3.63, 3.8) is 0 Å². The minimum Gasteiger partial charge on any atom is -0.318 e. The molecule has 0 spiro atoms. The Labute approximate surface area is 107 Å². The molecular weight excluding hydrogens is 254 g/mol. The molecule has 0 saturated carbocycles. The van der Waals surface area contributed by atoms with Gasteiger partial charge in [0, 0.05) is 6.20 Å². The van der Waals surface area contributed by atoms with Crippen LogP contribution in [0.2, 0.25) is 0 Å². The molecule has 2 rings (SSSR count). The van der Waals surface area contributed by atoms with E-state index >= 15 is 0 Å². The predicted octanol–water partition coefficient (Wildman–Crippen LogP) is 1.82. The van der Waals surface area contributed by atoms with Crippen molar-refractivity contribution in [1.82, 2.24) is 9.97 Å². The topological polar surface area (TPSA) is 107 Å². The molecule has 0 fully saturated rings. The van der Waals surface area contributed by atoms with Crippen LogP contribution in [0.1, 0.15) is 0 Å². The molecule has 0 amide bonds. The number of aromatic nitrogens is 2. The number of nitrogens with one attached hydrogen (secondary N) is 1. The maximum Gasteiger partial charge on any atom is 0.307 e. The largest absolute Gasteiger partial charge is 0.318 e. The molecule has 7 nitrogen and oxygen atoms in total. The van der Waals surface area contributed by atoms with Crippen molar-refractivity contribution < 1.29 is 4.92 Å². The zero-order chi connectivity index (χ0) is 13.0. The van der Waals surface area contributed by atoms with Gasteiger partial charge in [0.2, 0.25) is 0 Å². The summed E-state index contributed by atoms with van der Waals surface area (Å²) < 4.78 is 0. The summed E-state index contributed by atoms with van der Waals surface area (Å²) in [6.07, 6.45) is 2.96. The van der Waals surface area contributed by atoms with Crippen molar-refractivity contribution in [2.75, 3.05) is 5.43 Å². The highest BCUT2D eigenvalue weighted by Gasteiger charge is 2.20. The molecule has 3 N–H and O–H groups in total. The first-order valence-corrected chi connectivity index (χ1v) is 5.72. The van der Waals surface area contributed by atoms with Gasteiger partial charge in [0.15, 0.2) is 0 Å². The first-order chi connectivity index (χ1) is 8.72. The number of nitrogen functional groups attached to an aromatic ring is 1. The second-order valence-corrected chi connectivity index (χ2v) is 4.27. The smallest absolute Gasteiger partial charge is 0.307 e. The Hall–Kier alpha value is -2.19. The summed E-state index contributed by atoms with van der Waals surface area (Å²) in [5.74, 6) is 5.26. The number of nitro groups is 1. The summed E-state index contributed by atoms with van der Waals surface area (Å²) in [6, 6.07) is 6.55. The van der Waals surface area contributed by atoms with E-state index in [-0.39, 0.29) is 11.4 Å². The zero-order valence-corrected chi connectivity index (χ0v) is 9.92. The Bertz CT molecular complexity index is 563. The second-order valence-electron chi connectivity index (χ2n) is 3.20. The Morgan fingerprint density at radius 1 is 1.39 bits per heavy atom. The van der Waals surface area contributed by atoms with Crippen molar-refractivity contribution in [1.29, 1.82) is 0 Å².